The number of aromatic nitrogens is 2. The number of thiocarbonyl (C=S) groups is 1. The van der Waals surface area contributed by atoms with E-state index in [1.54, 1.807) is 35.4 Å². The number of benzene rings is 1. The second-order valence-electron chi connectivity index (χ2n) is 7.25. The van der Waals surface area contributed by atoms with Crippen molar-refractivity contribution in [2.24, 2.45) is 0 Å². The zero-order valence-electron chi connectivity index (χ0n) is 17.4. The third kappa shape index (κ3) is 4.45. The van der Waals surface area contributed by atoms with E-state index >= 15 is 0 Å². The quantitative estimate of drug-likeness (QED) is 0.407. The molecule has 1 atom stereocenters. The number of hydrogen-bond donors (Lipinski definition) is 2. The second-order valence-corrected chi connectivity index (χ2v) is 8.92. The van der Waals surface area contributed by atoms with Crippen molar-refractivity contribution in [3.05, 3.63) is 81.1 Å². The molecular formula is C23H22N4O3S2. The Labute approximate surface area is 194 Å². The highest BCUT2D eigenvalue weighted by Crippen LogP contribution is 2.33. The van der Waals surface area contributed by atoms with Crippen LogP contribution in [0.1, 0.15) is 30.6 Å². The summed E-state index contributed by atoms with van der Waals surface area (Å²) in [5, 5.41) is 13.6. The van der Waals surface area contributed by atoms with Gasteiger partial charge in [-0.2, -0.15) is 0 Å². The highest BCUT2D eigenvalue weighted by molar-refractivity contribution is 8.26. The topological polar surface area (TPSA) is 86.9 Å². The summed E-state index contributed by atoms with van der Waals surface area (Å²) in [6.45, 7) is 2.66. The maximum absolute atomic E-state index is 13.3. The largest absolute Gasteiger partial charge is 0.387 e. The minimum absolute atomic E-state index is 0.150. The van der Waals surface area contributed by atoms with E-state index in [1.165, 1.54) is 16.2 Å². The van der Waals surface area contributed by atoms with Gasteiger partial charge in [-0.25, -0.2) is 4.98 Å². The smallest absolute Gasteiger partial charge is 0.267 e. The lowest BCUT2D eigenvalue weighted by Crippen LogP contribution is -2.28. The van der Waals surface area contributed by atoms with Crippen LogP contribution in [0.15, 0.2) is 64.4 Å². The second kappa shape index (κ2) is 9.64. The standard InChI is InChI=1S/C23H22N4O3S2/c1-2-11-27-22(30)18(32-23(27)31)13-16-20(24-14-17(28)15-8-4-3-5-9-15)25-19-10-6-7-12-26(19)21(16)29/h3-10,12-13,17,24,28H,2,11,14H2,1H3/b18-13-/t17-/m0/s1. The van der Waals surface area contributed by atoms with Gasteiger partial charge in [0.2, 0.25) is 0 Å². The van der Waals surface area contributed by atoms with E-state index in [9.17, 15) is 14.7 Å². The molecule has 3 aromatic rings. The first-order valence-electron chi connectivity index (χ1n) is 10.2. The lowest BCUT2D eigenvalue weighted by Gasteiger charge is -2.15. The molecule has 0 saturated carbocycles. The first kappa shape index (κ1) is 22.2. The van der Waals surface area contributed by atoms with Crippen LogP contribution in [0.3, 0.4) is 0 Å². The number of aliphatic hydroxyl groups is 1. The van der Waals surface area contributed by atoms with Crippen molar-refractivity contribution in [1.29, 1.82) is 0 Å². The van der Waals surface area contributed by atoms with Crippen LogP contribution in [0.4, 0.5) is 5.82 Å². The number of fused-ring (bicyclic) bond motifs is 1. The van der Waals surface area contributed by atoms with Crippen molar-refractivity contribution < 1.29 is 9.90 Å². The molecule has 1 aliphatic heterocycles. The Morgan fingerprint density at radius 3 is 2.69 bits per heavy atom. The van der Waals surface area contributed by atoms with Crippen LogP contribution < -0.4 is 10.9 Å². The first-order valence-corrected chi connectivity index (χ1v) is 11.5. The predicted octanol–water partition coefficient (Wildman–Crippen LogP) is 3.45. The minimum Gasteiger partial charge on any atom is -0.387 e. The molecule has 9 heteroatoms. The highest BCUT2D eigenvalue weighted by Gasteiger charge is 2.32. The Morgan fingerprint density at radius 1 is 1.19 bits per heavy atom. The molecular weight excluding hydrogens is 444 g/mol. The summed E-state index contributed by atoms with van der Waals surface area (Å²) in [5.41, 5.74) is 1.14. The fourth-order valence-electron chi connectivity index (χ4n) is 3.40. The van der Waals surface area contributed by atoms with Crippen molar-refractivity contribution in [3.63, 3.8) is 0 Å². The third-order valence-corrected chi connectivity index (χ3v) is 6.39. The molecule has 0 radical (unpaired) electrons. The van der Waals surface area contributed by atoms with Gasteiger partial charge in [0.25, 0.3) is 11.5 Å². The van der Waals surface area contributed by atoms with Gasteiger partial charge in [-0.1, -0.05) is 67.3 Å². The highest BCUT2D eigenvalue weighted by atomic mass is 32.2. The average molecular weight is 467 g/mol. The number of thioether (sulfide) groups is 1. The van der Waals surface area contributed by atoms with Gasteiger partial charge in [-0.05, 0) is 30.2 Å². The van der Waals surface area contributed by atoms with Crippen molar-refractivity contribution in [3.8, 4) is 0 Å². The normalized spacial score (nSPS) is 16.2. The molecule has 1 amide bonds. The molecule has 0 aliphatic carbocycles. The van der Waals surface area contributed by atoms with Gasteiger partial charge in [0.15, 0.2) is 0 Å². The van der Waals surface area contributed by atoms with Crippen LogP contribution in [0.25, 0.3) is 11.7 Å². The number of nitrogens with zero attached hydrogens (tertiary/aromatic N) is 3. The number of hydrogen-bond acceptors (Lipinski definition) is 7. The Kier molecular flexibility index (Phi) is 6.69. The molecule has 1 aromatic carbocycles. The SMILES string of the molecule is CCCN1C(=O)/C(=C/c2c(NC[C@H](O)c3ccccc3)nc3ccccn3c2=O)SC1=S. The van der Waals surface area contributed by atoms with E-state index in [2.05, 4.69) is 10.3 Å². The van der Waals surface area contributed by atoms with E-state index in [0.29, 0.717) is 27.2 Å². The van der Waals surface area contributed by atoms with Crippen LogP contribution in [0.2, 0.25) is 0 Å². The molecule has 1 saturated heterocycles. The summed E-state index contributed by atoms with van der Waals surface area (Å²) < 4.78 is 1.91. The molecule has 2 N–H and O–H groups in total. The van der Waals surface area contributed by atoms with Gasteiger partial charge in [0, 0.05) is 19.3 Å². The summed E-state index contributed by atoms with van der Waals surface area (Å²) in [5.74, 6) is 0.0895. The number of aliphatic hydroxyl groups excluding tert-OH is 1. The molecule has 2 aromatic heterocycles. The molecule has 0 spiro atoms. The average Bonchev–Trinajstić information content (AvgIpc) is 3.08. The monoisotopic (exact) mass is 466 g/mol. The lowest BCUT2D eigenvalue weighted by atomic mass is 10.1. The van der Waals surface area contributed by atoms with Gasteiger partial charge in [0.05, 0.1) is 16.6 Å². The fourth-order valence-corrected chi connectivity index (χ4v) is 4.69. The van der Waals surface area contributed by atoms with Crippen molar-refractivity contribution in [2.75, 3.05) is 18.4 Å². The lowest BCUT2D eigenvalue weighted by molar-refractivity contribution is -0.122. The van der Waals surface area contributed by atoms with E-state index in [1.807, 2.05) is 37.3 Å². The molecule has 7 nitrogen and oxygen atoms in total. The number of nitrogens with one attached hydrogen (secondary N) is 1. The molecule has 164 valence electrons. The number of carbonyl (C=O) groups excluding carboxylic acids is 1. The maximum atomic E-state index is 13.3. The van der Waals surface area contributed by atoms with Crippen LogP contribution in [0, 0.1) is 0 Å². The summed E-state index contributed by atoms with van der Waals surface area (Å²) in [4.78, 5) is 32.6. The third-order valence-electron chi connectivity index (χ3n) is 5.01. The zero-order valence-corrected chi connectivity index (χ0v) is 19.0. The number of amides is 1. The van der Waals surface area contributed by atoms with Gasteiger partial charge in [-0.3, -0.25) is 18.9 Å². The van der Waals surface area contributed by atoms with E-state index < -0.39 is 6.10 Å². The minimum atomic E-state index is -0.789. The summed E-state index contributed by atoms with van der Waals surface area (Å²) in [6, 6.07) is 14.5. The van der Waals surface area contributed by atoms with E-state index in [4.69, 9.17) is 12.2 Å². The van der Waals surface area contributed by atoms with Crippen molar-refractivity contribution in [1.82, 2.24) is 14.3 Å². The number of carbonyl (C=O) groups is 1. The van der Waals surface area contributed by atoms with Crippen LogP contribution in [-0.4, -0.2) is 42.7 Å². The van der Waals surface area contributed by atoms with Crippen LogP contribution >= 0.6 is 24.0 Å². The molecule has 0 unspecified atom stereocenters. The van der Waals surface area contributed by atoms with Crippen molar-refractivity contribution in [2.45, 2.75) is 19.4 Å². The van der Waals surface area contributed by atoms with Gasteiger partial charge < -0.3 is 10.4 Å². The van der Waals surface area contributed by atoms with Gasteiger partial charge in [-0.15, -0.1) is 0 Å². The van der Waals surface area contributed by atoms with E-state index in [-0.39, 0.29) is 23.6 Å². The zero-order chi connectivity index (χ0) is 22.7. The summed E-state index contributed by atoms with van der Waals surface area (Å²) >= 11 is 6.51. The van der Waals surface area contributed by atoms with Gasteiger partial charge in [0.1, 0.15) is 15.8 Å². The summed E-state index contributed by atoms with van der Waals surface area (Å²) in [6.07, 6.45) is 3.17. The Bertz CT molecular complexity index is 1260. The van der Waals surface area contributed by atoms with E-state index in [0.717, 1.165) is 12.0 Å². The van der Waals surface area contributed by atoms with Crippen LogP contribution in [-0.2, 0) is 4.79 Å². The predicted molar refractivity (Wildman–Crippen MR) is 132 cm³/mol. The fraction of sp³-hybridized carbons (Fsp3) is 0.217. The van der Waals surface area contributed by atoms with Crippen LogP contribution in [0.5, 0.6) is 0 Å². The first-order chi connectivity index (χ1) is 15.5. The maximum Gasteiger partial charge on any atom is 0.267 e. The Morgan fingerprint density at radius 2 is 1.94 bits per heavy atom. The molecule has 3 heterocycles. The number of rotatable bonds is 7. The summed E-state index contributed by atoms with van der Waals surface area (Å²) in [7, 11) is 0. The molecule has 1 fully saturated rings. The van der Waals surface area contributed by atoms with Gasteiger partial charge >= 0.3 is 0 Å². The molecule has 4 rings (SSSR count). The Hall–Kier alpha value is -3.01. The molecule has 32 heavy (non-hydrogen) atoms. The van der Waals surface area contributed by atoms with Crippen molar-refractivity contribution >= 4 is 51.7 Å². The number of anilines is 1. The molecule has 1 aliphatic rings. The number of pyridine rings is 1. The molecule has 0 bridgehead atoms. The Balaban J connectivity index is 1.72.